The molecule has 6 heteroatoms. The zero-order valence-corrected chi connectivity index (χ0v) is 7.71. The third kappa shape index (κ3) is 2.07. The molecule has 1 unspecified atom stereocenters. The van der Waals surface area contributed by atoms with Gasteiger partial charge < -0.3 is 5.11 Å². The number of hydrogen-bond acceptors (Lipinski definition) is 3. The van der Waals surface area contributed by atoms with Crippen LogP contribution in [0.5, 0.6) is 0 Å². The lowest BCUT2D eigenvalue weighted by Gasteiger charge is -2.26. The number of pyridine rings is 1. The lowest BCUT2D eigenvalue weighted by molar-refractivity contribution is -0.258. The fourth-order valence-electron chi connectivity index (χ4n) is 0.958. The Morgan fingerprint density at radius 2 is 2.07 bits per heavy atom. The van der Waals surface area contributed by atoms with E-state index in [1.807, 2.05) is 0 Å². The predicted molar refractivity (Wildman–Crippen MR) is 44.6 cm³/mol. The number of aromatic nitrogens is 1. The number of rotatable bonds is 1. The summed E-state index contributed by atoms with van der Waals surface area (Å²) >= 11 is 0. The minimum absolute atomic E-state index is 0.169. The van der Waals surface area contributed by atoms with Crippen LogP contribution in [0.15, 0.2) is 18.3 Å². The lowest BCUT2D eigenvalue weighted by Crippen LogP contribution is -2.39. The molecule has 15 heavy (non-hydrogen) atoms. The fraction of sp³-hybridized carbons (Fsp3) is 0.333. The van der Waals surface area contributed by atoms with Gasteiger partial charge in [-0.2, -0.15) is 18.4 Å². The molecule has 0 fully saturated rings. The normalized spacial score (nSPS) is 15.5. The van der Waals surface area contributed by atoms with Crippen LogP contribution < -0.4 is 0 Å². The van der Waals surface area contributed by atoms with Gasteiger partial charge in [0, 0.05) is 6.20 Å². The van der Waals surface area contributed by atoms with Gasteiger partial charge in [0.05, 0.1) is 0 Å². The average Bonchev–Trinajstić information content (AvgIpc) is 2.16. The Bertz CT molecular complexity index is 407. The Hall–Kier alpha value is -1.61. The molecule has 1 N–H and O–H groups in total. The summed E-state index contributed by atoms with van der Waals surface area (Å²) in [5, 5.41) is 17.7. The van der Waals surface area contributed by atoms with E-state index in [0.717, 1.165) is 18.3 Å². The van der Waals surface area contributed by atoms with Crippen LogP contribution in [-0.2, 0) is 5.60 Å². The molecule has 1 aromatic heterocycles. The number of hydrogen-bond donors (Lipinski definition) is 1. The maximum absolute atomic E-state index is 12.4. The highest BCUT2D eigenvalue weighted by Crippen LogP contribution is 2.38. The van der Waals surface area contributed by atoms with Gasteiger partial charge in [0.2, 0.25) is 0 Å². The van der Waals surface area contributed by atoms with Crippen LogP contribution in [0.25, 0.3) is 0 Å². The number of halogens is 3. The molecule has 0 radical (unpaired) electrons. The molecule has 1 atom stereocenters. The molecule has 0 saturated carbocycles. The first kappa shape index (κ1) is 11.5. The molecule has 1 rings (SSSR count). The van der Waals surface area contributed by atoms with Crippen LogP contribution in [0.4, 0.5) is 13.2 Å². The molecular formula is C9H7F3N2O. The summed E-state index contributed by atoms with van der Waals surface area (Å²) < 4.78 is 37.2. The van der Waals surface area contributed by atoms with Crippen molar-refractivity contribution < 1.29 is 18.3 Å². The van der Waals surface area contributed by atoms with Gasteiger partial charge in [-0.3, -0.25) is 0 Å². The lowest BCUT2D eigenvalue weighted by atomic mass is 9.96. The first-order chi connectivity index (χ1) is 6.79. The van der Waals surface area contributed by atoms with E-state index in [0.29, 0.717) is 6.92 Å². The quantitative estimate of drug-likeness (QED) is 0.777. The molecule has 80 valence electrons. The zero-order chi connectivity index (χ0) is 11.7. The van der Waals surface area contributed by atoms with Gasteiger partial charge in [0.1, 0.15) is 11.8 Å². The van der Waals surface area contributed by atoms with Gasteiger partial charge in [-0.1, -0.05) is 0 Å². The smallest absolute Gasteiger partial charge is 0.376 e. The topological polar surface area (TPSA) is 56.9 Å². The first-order valence-corrected chi connectivity index (χ1v) is 3.95. The Morgan fingerprint density at radius 1 is 1.47 bits per heavy atom. The molecular weight excluding hydrogens is 209 g/mol. The maximum atomic E-state index is 12.4. The highest BCUT2D eigenvalue weighted by molar-refractivity contribution is 5.30. The van der Waals surface area contributed by atoms with E-state index >= 15 is 0 Å². The number of nitriles is 1. The Morgan fingerprint density at radius 3 is 2.53 bits per heavy atom. The van der Waals surface area contributed by atoms with Crippen LogP contribution in [-0.4, -0.2) is 16.3 Å². The van der Waals surface area contributed by atoms with E-state index in [2.05, 4.69) is 4.98 Å². The highest BCUT2D eigenvalue weighted by Gasteiger charge is 2.51. The summed E-state index contributed by atoms with van der Waals surface area (Å²) in [5.74, 6) is 0. The standard InChI is InChI=1S/C9H7F3N2O/c1-8(15,9(10,11)12)6-2-3-14-7(4-6)5-13/h2-4,15H,1H3. The third-order valence-electron chi connectivity index (χ3n) is 1.99. The minimum atomic E-state index is -4.79. The van der Waals surface area contributed by atoms with Crippen LogP contribution >= 0.6 is 0 Å². The second-order valence-electron chi connectivity index (χ2n) is 3.11. The van der Waals surface area contributed by atoms with E-state index in [-0.39, 0.29) is 5.69 Å². The van der Waals surface area contributed by atoms with Crippen molar-refractivity contribution >= 4 is 0 Å². The molecule has 0 amide bonds. The molecule has 0 bridgehead atoms. The number of alkyl halides is 3. The van der Waals surface area contributed by atoms with E-state index in [4.69, 9.17) is 5.26 Å². The van der Waals surface area contributed by atoms with E-state index in [9.17, 15) is 18.3 Å². The van der Waals surface area contributed by atoms with E-state index < -0.39 is 17.3 Å². The monoisotopic (exact) mass is 216 g/mol. The summed E-state index contributed by atoms with van der Waals surface area (Å²) in [4.78, 5) is 3.51. The van der Waals surface area contributed by atoms with Gasteiger partial charge in [0.15, 0.2) is 5.60 Å². The Balaban J connectivity index is 3.23. The Kier molecular flexibility index (Phi) is 2.69. The molecule has 0 spiro atoms. The zero-order valence-electron chi connectivity index (χ0n) is 7.71. The van der Waals surface area contributed by atoms with Crippen molar-refractivity contribution in [2.24, 2.45) is 0 Å². The van der Waals surface area contributed by atoms with Crippen LogP contribution in [0.1, 0.15) is 18.2 Å². The predicted octanol–water partition coefficient (Wildman–Crippen LogP) is 1.72. The summed E-state index contributed by atoms with van der Waals surface area (Å²) in [7, 11) is 0. The number of nitrogens with zero attached hydrogens (tertiary/aromatic N) is 2. The van der Waals surface area contributed by atoms with Crippen molar-refractivity contribution in [3.05, 3.63) is 29.6 Å². The van der Waals surface area contributed by atoms with Crippen molar-refractivity contribution in [2.75, 3.05) is 0 Å². The molecule has 3 nitrogen and oxygen atoms in total. The first-order valence-electron chi connectivity index (χ1n) is 3.95. The molecule has 0 saturated heterocycles. The van der Waals surface area contributed by atoms with Crippen molar-refractivity contribution in [1.82, 2.24) is 4.98 Å². The molecule has 1 aromatic rings. The number of aliphatic hydroxyl groups is 1. The van der Waals surface area contributed by atoms with Gasteiger partial charge in [0.25, 0.3) is 0 Å². The van der Waals surface area contributed by atoms with Gasteiger partial charge in [-0.15, -0.1) is 0 Å². The summed E-state index contributed by atoms with van der Waals surface area (Å²) in [6.07, 6.45) is -3.74. The van der Waals surface area contributed by atoms with Gasteiger partial charge in [-0.25, -0.2) is 4.98 Å². The third-order valence-corrected chi connectivity index (χ3v) is 1.99. The fourth-order valence-corrected chi connectivity index (χ4v) is 0.958. The highest BCUT2D eigenvalue weighted by atomic mass is 19.4. The molecule has 0 aromatic carbocycles. The second-order valence-corrected chi connectivity index (χ2v) is 3.11. The maximum Gasteiger partial charge on any atom is 0.421 e. The van der Waals surface area contributed by atoms with Gasteiger partial charge >= 0.3 is 6.18 Å². The van der Waals surface area contributed by atoms with Crippen LogP contribution in [0.3, 0.4) is 0 Å². The Labute approximate surface area is 83.8 Å². The molecule has 0 aliphatic carbocycles. The SMILES string of the molecule is CC(O)(c1ccnc(C#N)c1)C(F)(F)F. The van der Waals surface area contributed by atoms with Gasteiger partial charge in [-0.05, 0) is 24.6 Å². The van der Waals surface area contributed by atoms with Crippen LogP contribution in [0, 0.1) is 11.3 Å². The second kappa shape index (κ2) is 3.51. The largest absolute Gasteiger partial charge is 0.421 e. The minimum Gasteiger partial charge on any atom is -0.376 e. The van der Waals surface area contributed by atoms with Crippen molar-refractivity contribution in [3.63, 3.8) is 0 Å². The summed E-state index contributed by atoms with van der Waals surface area (Å²) in [6, 6.07) is 3.53. The van der Waals surface area contributed by atoms with E-state index in [1.165, 1.54) is 0 Å². The summed E-state index contributed by atoms with van der Waals surface area (Å²) in [5.41, 5.74) is -3.54. The van der Waals surface area contributed by atoms with Crippen molar-refractivity contribution in [2.45, 2.75) is 18.7 Å². The van der Waals surface area contributed by atoms with E-state index in [1.54, 1.807) is 6.07 Å². The molecule has 0 aliphatic rings. The molecule has 0 aliphatic heterocycles. The van der Waals surface area contributed by atoms with Crippen molar-refractivity contribution in [1.29, 1.82) is 5.26 Å². The molecule has 1 heterocycles. The van der Waals surface area contributed by atoms with Crippen molar-refractivity contribution in [3.8, 4) is 6.07 Å². The average molecular weight is 216 g/mol. The van der Waals surface area contributed by atoms with Crippen LogP contribution in [0.2, 0.25) is 0 Å². The summed E-state index contributed by atoms with van der Waals surface area (Å²) in [6.45, 7) is 0.628.